The van der Waals surface area contributed by atoms with Gasteiger partial charge in [-0.05, 0) is 31.9 Å². The van der Waals surface area contributed by atoms with Crippen molar-refractivity contribution in [1.29, 1.82) is 0 Å². The van der Waals surface area contributed by atoms with Gasteiger partial charge < -0.3 is 14.7 Å². The average molecular weight is 490 g/mol. The molecule has 1 aromatic carbocycles. The number of rotatable bonds is 4. The monoisotopic (exact) mass is 489 g/mol. The van der Waals surface area contributed by atoms with Crippen molar-refractivity contribution in [3.63, 3.8) is 0 Å². The predicted octanol–water partition coefficient (Wildman–Crippen LogP) is 1.54. The molecule has 4 aromatic rings. The maximum absolute atomic E-state index is 13.2. The van der Waals surface area contributed by atoms with Crippen LogP contribution in [0.15, 0.2) is 47.7 Å². The molecule has 186 valence electrons. The van der Waals surface area contributed by atoms with Gasteiger partial charge in [0, 0.05) is 32.1 Å². The van der Waals surface area contributed by atoms with Crippen molar-refractivity contribution in [3.8, 4) is 11.6 Å². The lowest BCUT2D eigenvalue weighted by atomic mass is 9.91. The lowest BCUT2D eigenvalue weighted by Gasteiger charge is -2.38. The smallest absolute Gasteiger partial charge is 0.274 e. The van der Waals surface area contributed by atoms with Crippen LogP contribution in [0.3, 0.4) is 0 Å². The van der Waals surface area contributed by atoms with Crippen molar-refractivity contribution in [2.24, 2.45) is 0 Å². The van der Waals surface area contributed by atoms with E-state index in [1.54, 1.807) is 20.3 Å². The molecule has 6 rings (SSSR count). The van der Waals surface area contributed by atoms with E-state index in [9.17, 15) is 14.7 Å². The molecule has 0 aliphatic carbocycles. The zero-order valence-corrected chi connectivity index (χ0v) is 20.0. The second-order valence-corrected chi connectivity index (χ2v) is 9.62. The number of ether oxygens (including phenoxy) is 1. The van der Waals surface area contributed by atoms with Crippen LogP contribution in [0.2, 0.25) is 0 Å². The Labute approximate surface area is 206 Å². The van der Waals surface area contributed by atoms with Crippen LogP contribution in [-0.4, -0.2) is 70.3 Å². The van der Waals surface area contributed by atoms with Gasteiger partial charge in [0.1, 0.15) is 11.7 Å². The molecule has 2 aliphatic heterocycles. The normalized spacial score (nSPS) is 17.1. The fourth-order valence-corrected chi connectivity index (χ4v) is 4.87. The first-order chi connectivity index (χ1) is 17.4. The lowest BCUT2D eigenvalue weighted by Crippen LogP contribution is -2.49. The van der Waals surface area contributed by atoms with Crippen LogP contribution in [0, 0.1) is 6.92 Å². The van der Waals surface area contributed by atoms with E-state index in [1.807, 2.05) is 31.2 Å². The number of aryl methyl sites for hydroxylation is 2. The number of hydrogen-bond acceptors (Lipinski definition) is 7. The molecule has 2 aliphatic rings. The van der Waals surface area contributed by atoms with Crippen LogP contribution >= 0.6 is 0 Å². The summed E-state index contributed by atoms with van der Waals surface area (Å²) < 4.78 is 10.3. The Kier molecular flexibility index (Phi) is 5.36. The predicted molar refractivity (Wildman–Crippen MR) is 130 cm³/mol. The van der Waals surface area contributed by atoms with Crippen molar-refractivity contribution in [2.45, 2.75) is 44.9 Å². The van der Waals surface area contributed by atoms with Gasteiger partial charge in [-0.2, -0.15) is 10.2 Å². The minimum Gasteiger partial charge on any atom is -0.478 e. The number of hydrogen-bond donors (Lipinski definition) is 1. The van der Waals surface area contributed by atoms with Crippen LogP contribution in [0.25, 0.3) is 16.7 Å². The van der Waals surface area contributed by atoms with E-state index in [4.69, 9.17) is 4.74 Å². The minimum absolute atomic E-state index is 0.0964. The van der Waals surface area contributed by atoms with Crippen LogP contribution < -0.4 is 10.3 Å². The fourth-order valence-electron chi connectivity index (χ4n) is 4.87. The molecule has 5 heterocycles. The molecule has 1 amide bonds. The molecule has 11 nitrogen and oxygen atoms in total. The molecule has 1 N–H and O–H groups in total. The first-order valence-electron chi connectivity index (χ1n) is 12.1. The second kappa shape index (κ2) is 8.59. The summed E-state index contributed by atoms with van der Waals surface area (Å²) in [5, 5.41) is 20.4. The molecule has 3 aromatic heterocycles. The van der Waals surface area contributed by atoms with E-state index in [0.29, 0.717) is 55.1 Å². The highest BCUT2D eigenvalue weighted by Gasteiger charge is 2.36. The molecule has 0 saturated carbocycles. The summed E-state index contributed by atoms with van der Waals surface area (Å²) in [6.45, 7) is 4.20. The van der Waals surface area contributed by atoms with Gasteiger partial charge in [-0.1, -0.05) is 17.7 Å². The number of fused-ring (bicyclic) bond motifs is 2. The molecular weight excluding hydrogens is 462 g/mol. The van der Waals surface area contributed by atoms with Gasteiger partial charge in [-0.25, -0.2) is 14.3 Å². The number of piperidine rings is 1. The summed E-state index contributed by atoms with van der Waals surface area (Å²) >= 11 is 0. The molecule has 0 unspecified atom stereocenters. The Bertz CT molecular complexity index is 1470. The molecule has 11 heteroatoms. The summed E-state index contributed by atoms with van der Waals surface area (Å²) in [5.74, 6) is 0.442. The maximum atomic E-state index is 13.2. The topological polar surface area (TPSA) is 120 Å². The molecule has 0 bridgehead atoms. The van der Waals surface area contributed by atoms with Gasteiger partial charge in [0.05, 0.1) is 30.6 Å². The van der Waals surface area contributed by atoms with Gasteiger partial charge in [-0.15, -0.1) is 0 Å². The maximum Gasteiger partial charge on any atom is 0.274 e. The number of benzene rings is 1. The lowest BCUT2D eigenvalue weighted by molar-refractivity contribution is -0.0300. The number of likely N-dealkylation sites (tertiary alicyclic amines) is 1. The van der Waals surface area contributed by atoms with E-state index < -0.39 is 5.60 Å². The minimum atomic E-state index is -1.13. The van der Waals surface area contributed by atoms with Crippen molar-refractivity contribution < 1.29 is 14.6 Å². The van der Waals surface area contributed by atoms with Gasteiger partial charge in [0.25, 0.3) is 11.5 Å². The second-order valence-electron chi connectivity index (χ2n) is 9.62. The molecule has 0 spiro atoms. The van der Waals surface area contributed by atoms with Crippen molar-refractivity contribution in [2.75, 3.05) is 19.7 Å². The van der Waals surface area contributed by atoms with E-state index >= 15 is 0 Å². The van der Waals surface area contributed by atoms with E-state index in [2.05, 4.69) is 15.2 Å². The Morgan fingerprint density at radius 1 is 1.17 bits per heavy atom. The van der Waals surface area contributed by atoms with E-state index in [1.165, 1.54) is 17.1 Å². The number of amides is 1. The van der Waals surface area contributed by atoms with Crippen molar-refractivity contribution in [1.82, 2.24) is 34.0 Å². The summed E-state index contributed by atoms with van der Waals surface area (Å²) in [6, 6.07) is 9.49. The Balaban J connectivity index is 1.16. The van der Waals surface area contributed by atoms with Gasteiger partial charge >= 0.3 is 0 Å². The van der Waals surface area contributed by atoms with Crippen LogP contribution in [0.5, 0.6) is 5.88 Å². The highest BCUT2D eigenvalue weighted by Crippen LogP contribution is 2.26. The fraction of sp³-hybridized carbons (Fsp3) is 0.400. The van der Waals surface area contributed by atoms with E-state index in [0.717, 1.165) is 24.2 Å². The first-order valence-corrected chi connectivity index (χ1v) is 12.1. The van der Waals surface area contributed by atoms with Crippen LogP contribution in [-0.2, 0) is 13.1 Å². The summed E-state index contributed by atoms with van der Waals surface area (Å²) in [5.41, 5.74) is 1.40. The molecule has 36 heavy (non-hydrogen) atoms. The number of aromatic nitrogens is 6. The summed E-state index contributed by atoms with van der Waals surface area (Å²) in [7, 11) is 0. The summed E-state index contributed by atoms with van der Waals surface area (Å²) in [4.78, 5) is 32.3. The van der Waals surface area contributed by atoms with Crippen molar-refractivity contribution >= 4 is 16.9 Å². The molecule has 0 radical (unpaired) electrons. The highest BCUT2D eigenvalue weighted by molar-refractivity contribution is 5.92. The van der Waals surface area contributed by atoms with Crippen LogP contribution in [0.4, 0.5) is 0 Å². The number of nitrogens with zero attached hydrogens (tertiary/aromatic N) is 7. The number of aliphatic hydroxyl groups is 1. The third-order valence-corrected chi connectivity index (χ3v) is 7.01. The van der Waals surface area contributed by atoms with Crippen molar-refractivity contribution in [3.05, 3.63) is 64.5 Å². The number of carbonyl (C=O) groups is 1. The molecule has 1 fully saturated rings. The Hall–Kier alpha value is -3.99. The third-order valence-electron chi connectivity index (χ3n) is 7.01. The largest absolute Gasteiger partial charge is 0.478 e. The first kappa shape index (κ1) is 22.5. The molecular formula is C25H27N7O4. The van der Waals surface area contributed by atoms with Crippen LogP contribution in [0.1, 0.15) is 35.3 Å². The zero-order valence-electron chi connectivity index (χ0n) is 20.0. The van der Waals surface area contributed by atoms with E-state index in [-0.39, 0.29) is 18.0 Å². The Morgan fingerprint density at radius 2 is 1.94 bits per heavy atom. The summed E-state index contributed by atoms with van der Waals surface area (Å²) in [6.07, 6.45) is 4.53. The highest BCUT2D eigenvalue weighted by atomic mass is 16.5. The quantitative estimate of drug-likeness (QED) is 0.462. The average Bonchev–Trinajstić information content (AvgIpc) is 3.51. The van der Waals surface area contributed by atoms with Gasteiger partial charge in [-0.3, -0.25) is 14.2 Å². The zero-order chi connectivity index (χ0) is 24.9. The van der Waals surface area contributed by atoms with Gasteiger partial charge in [0.2, 0.25) is 5.88 Å². The molecule has 1 saturated heterocycles. The third kappa shape index (κ3) is 3.95. The SMILES string of the molecule is Cc1ccc(-n2ncc3c(=O)n(CC4(O)CCN(C(=O)c5cc6n(n5)CCCO6)CC4)cnc32)cc1. The molecule has 0 atom stereocenters. The number of carbonyl (C=O) groups excluding carboxylic acids is 1. The Morgan fingerprint density at radius 3 is 2.69 bits per heavy atom. The standard InChI is InChI=1S/C25H27N7O4/c1-17-3-5-18(6-4-17)32-22-19(14-27-32)23(33)30(16-26-22)15-25(35)7-10-29(11-8-25)24(34)20-13-21-31(28-20)9-2-12-36-21/h3-6,13-14,16,35H,2,7-12,15H2,1H3. The van der Waals surface area contributed by atoms with Gasteiger partial charge in [0.15, 0.2) is 11.3 Å².